The lowest BCUT2D eigenvalue weighted by Gasteiger charge is -2.09. The maximum Gasteiger partial charge on any atom is 0.285 e. The van der Waals surface area contributed by atoms with Gasteiger partial charge in [0.25, 0.3) is 5.91 Å². The Bertz CT molecular complexity index is 898. The lowest BCUT2D eigenvalue weighted by molar-refractivity contribution is 0.0975. The van der Waals surface area contributed by atoms with Crippen LogP contribution in [-0.2, 0) is 22.9 Å². The summed E-state index contributed by atoms with van der Waals surface area (Å²) in [5.41, 5.74) is 5.21. The molecule has 0 atom stereocenters. The quantitative estimate of drug-likeness (QED) is 0.926. The van der Waals surface area contributed by atoms with Crippen LogP contribution < -0.4 is 4.72 Å². The van der Waals surface area contributed by atoms with Crippen molar-refractivity contribution < 1.29 is 13.2 Å². The number of rotatable bonds is 3. The molecule has 1 aliphatic carbocycles. The summed E-state index contributed by atoms with van der Waals surface area (Å²) in [6, 6.07) is 6.05. The first-order chi connectivity index (χ1) is 10.8. The molecule has 7 heteroatoms. The fraction of sp³-hybridized carbons (Fsp3) is 0.375. The molecule has 3 rings (SSSR count). The van der Waals surface area contributed by atoms with Gasteiger partial charge in [-0.3, -0.25) is 4.79 Å². The summed E-state index contributed by atoms with van der Waals surface area (Å²) < 4.78 is 26.4. The van der Waals surface area contributed by atoms with Gasteiger partial charge >= 0.3 is 0 Å². The number of fused-ring (bicyclic) bond motifs is 1. The average Bonchev–Trinajstić information content (AvgIpc) is 2.98. The van der Waals surface area contributed by atoms with E-state index in [9.17, 15) is 13.2 Å². The second kappa shape index (κ2) is 5.49. The maximum absolute atomic E-state index is 12.2. The topological polar surface area (TPSA) is 81.1 Å². The first kappa shape index (κ1) is 15.7. The van der Waals surface area contributed by atoms with Crippen molar-refractivity contribution in [2.75, 3.05) is 6.26 Å². The van der Waals surface area contributed by atoms with E-state index in [4.69, 9.17) is 0 Å². The zero-order valence-electron chi connectivity index (χ0n) is 13.4. The van der Waals surface area contributed by atoms with Crippen molar-refractivity contribution in [3.8, 4) is 5.69 Å². The number of carbonyl (C=O) groups is 1. The van der Waals surface area contributed by atoms with Gasteiger partial charge in [0.2, 0.25) is 10.0 Å². The number of amides is 1. The van der Waals surface area contributed by atoms with E-state index in [2.05, 4.69) is 11.2 Å². The molecule has 0 radical (unpaired) electrons. The first-order valence-corrected chi connectivity index (χ1v) is 9.36. The van der Waals surface area contributed by atoms with Crippen LogP contribution in [-0.4, -0.2) is 30.4 Å². The van der Waals surface area contributed by atoms with Gasteiger partial charge in [-0.15, -0.1) is 0 Å². The first-order valence-electron chi connectivity index (χ1n) is 7.47. The van der Waals surface area contributed by atoms with Gasteiger partial charge in [-0.25, -0.2) is 17.8 Å². The van der Waals surface area contributed by atoms with Gasteiger partial charge in [0.05, 0.1) is 11.9 Å². The third kappa shape index (κ3) is 3.01. The van der Waals surface area contributed by atoms with Gasteiger partial charge < -0.3 is 0 Å². The van der Waals surface area contributed by atoms with Crippen LogP contribution in [0.3, 0.4) is 0 Å². The second-order valence-corrected chi connectivity index (χ2v) is 7.78. The molecule has 1 aromatic carbocycles. The van der Waals surface area contributed by atoms with Crippen molar-refractivity contribution in [3.63, 3.8) is 0 Å². The van der Waals surface area contributed by atoms with Crippen LogP contribution in [0.1, 0.15) is 39.3 Å². The van der Waals surface area contributed by atoms with Crippen molar-refractivity contribution in [1.29, 1.82) is 0 Å². The van der Waals surface area contributed by atoms with E-state index in [0.717, 1.165) is 53.6 Å². The van der Waals surface area contributed by atoms with E-state index < -0.39 is 15.9 Å². The van der Waals surface area contributed by atoms with Gasteiger partial charge in [-0.05, 0) is 44.7 Å². The Labute approximate surface area is 135 Å². The van der Waals surface area contributed by atoms with E-state index in [0.29, 0.717) is 0 Å². The highest BCUT2D eigenvalue weighted by molar-refractivity contribution is 7.89. The molecule has 1 aromatic heterocycles. The van der Waals surface area contributed by atoms with Crippen molar-refractivity contribution in [2.24, 2.45) is 0 Å². The van der Waals surface area contributed by atoms with Crippen molar-refractivity contribution in [2.45, 2.75) is 33.1 Å². The number of sulfonamides is 1. The van der Waals surface area contributed by atoms with E-state index >= 15 is 0 Å². The van der Waals surface area contributed by atoms with Gasteiger partial charge in [0, 0.05) is 11.3 Å². The summed E-state index contributed by atoms with van der Waals surface area (Å²) in [5.74, 6) is -0.658. The largest absolute Gasteiger partial charge is 0.285 e. The fourth-order valence-electron chi connectivity index (χ4n) is 3.08. The highest BCUT2D eigenvalue weighted by Crippen LogP contribution is 2.29. The highest BCUT2D eigenvalue weighted by atomic mass is 32.2. The average molecular weight is 333 g/mol. The Morgan fingerprint density at radius 3 is 2.65 bits per heavy atom. The molecule has 0 aliphatic heterocycles. The number of carbonyl (C=O) groups excluding carboxylic acids is 1. The molecule has 0 saturated carbocycles. The molecule has 6 nitrogen and oxygen atoms in total. The van der Waals surface area contributed by atoms with Crippen molar-refractivity contribution in [3.05, 3.63) is 46.3 Å². The Kier molecular flexibility index (Phi) is 3.75. The molecule has 1 amide bonds. The Morgan fingerprint density at radius 2 is 2.00 bits per heavy atom. The minimum Gasteiger partial charge on any atom is -0.266 e. The molecule has 0 saturated heterocycles. The summed E-state index contributed by atoms with van der Waals surface area (Å²) in [6.07, 6.45) is 3.48. The van der Waals surface area contributed by atoms with E-state index in [-0.39, 0.29) is 5.69 Å². The van der Waals surface area contributed by atoms with Gasteiger partial charge in [0.15, 0.2) is 5.69 Å². The monoisotopic (exact) mass is 333 g/mol. The Balaban J connectivity index is 2.10. The molecular formula is C16H19N3O3S. The lowest BCUT2D eigenvalue weighted by Crippen LogP contribution is -2.30. The van der Waals surface area contributed by atoms with Crippen LogP contribution in [0.5, 0.6) is 0 Å². The van der Waals surface area contributed by atoms with E-state index in [1.165, 1.54) is 0 Å². The van der Waals surface area contributed by atoms with Crippen LogP contribution in [0.4, 0.5) is 0 Å². The standard InChI is InChI=1S/C16H19N3O3S/c1-10-7-8-13(11(2)9-10)19-14-6-4-5-12(14)15(17-19)16(20)18-23(3,21)22/h7-9H,4-6H2,1-3H3,(H,18,20). The van der Waals surface area contributed by atoms with E-state index in [1.807, 2.05) is 30.7 Å². The Hall–Kier alpha value is -2.15. The summed E-state index contributed by atoms with van der Waals surface area (Å²) in [7, 11) is -3.61. The predicted octanol–water partition coefficient (Wildman–Crippen LogP) is 1.67. The predicted molar refractivity (Wildman–Crippen MR) is 87.4 cm³/mol. The van der Waals surface area contributed by atoms with Crippen molar-refractivity contribution >= 4 is 15.9 Å². The zero-order chi connectivity index (χ0) is 16.8. The lowest BCUT2D eigenvalue weighted by atomic mass is 10.1. The van der Waals surface area contributed by atoms with Gasteiger partial charge in [0.1, 0.15) is 0 Å². The number of hydrogen-bond acceptors (Lipinski definition) is 4. The SMILES string of the molecule is Cc1ccc(-n2nc(C(=O)NS(C)(=O)=O)c3c2CCC3)c(C)c1. The van der Waals surface area contributed by atoms with Crippen LogP contribution in [0.15, 0.2) is 18.2 Å². The molecule has 122 valence electrons. The van der Waals surface area contributed by atoms with Crippen molar-refractivity contribution in [1.82, 2.24) is 14.5 Å². The summed E-state index contributed by atoms with van der Waals surface area (Å²) in [5, 5.41) is 4.42. The van der Waals surface area contributed by atoms with Gasteiger partial charge in [-0.2, -0.15) is 5.10 Å². The minimum atomic E-state index is -3.61. The van der Waals surface area contributed by atoms with Crippen LogP contribution >= 0.6 is 0 Å². The number of nitrogens with one attached hydrogen (secondary N) is 1. The van der Waals surface area contributed by atoms with Gasteiger partial charge in [-0.1, -0.05) is 17.7 Å². The second-order valence-electron chi connectivity index (χ2n) is 6.03. The maximum atomic E-state index is 12.2. The zero-order valence-corrected chi connectivity index (χ0v) is 14.2. The highest BCUT2D eigenvalue weighted by Gasteiger charge is 2.28. The Morgan fingerprint density at radius 1 is 1.26 bits per heavy atom. The number of benzene rings is 1. The molecule has 1 aliphatic rings. The fourth-order valence-corrected chi connectivity index (χ4v) is 3.51. The molecule has 0 unspecified atom stereocenters. The van der Waals surface area contributed by atoms with E-state index in [1.54, 1.807) is 4.68 Å². The summed E-state index contributed by atoms with van der Waals surface area (Å²) >= 11 is 0. The molecule has 0 spiro atoms. The third-order valence-electron chi connectivity index (χ3n) is 4.00. The smallest absolute Gasteiger partial charge is 0.266 e. The normalized spacial score (nSPS) is 13.9. The van der Waals surface area contributed by atoms with Crippen LogP contribution in [0, 0.1) is 13.8 Å². The third-order valence-corrected chi connectivity index (χ3v) is 4.56. The minimum absolute atomic E-state index is 0.211. The summed E-state index contributed by atoms with van der Waals surface area (Å²) in [4.78, 5) is 12.2. The molecule has 1 heterocycles. The molecular weight excluding hydrogens is 314 g/mol. The molecule has 0 bridgehead atoms. The number of nitrogens with zero attached hydrogens (tertiary/aromatic N) is 2. The molecule has 2 aromatic rings. The number of hydrogen-bond donors (Lipinski definition) is 1. The number of aryl methyl sites for hydroxylation is 2. The van der Waals surface area contributed by atoms with Crippen LogP contribution in [0.2, 0.25) is 0 Å². The molecule has 1 N–H and O–H groups in total. The molecule has 0 fully saturated rings. The number of aromatic nitrogens is 2. The molecule has 23 heavy (non-hydrogen) atoms. The summed E-state index contributed by atoms with van der Waals surface area (Å²) in [6.45, 7) is 4.02. The van der Waals surface area contributed by atoms with Crippen LogP contribution in [0.25, 0.3) is 5.69 Å².